The molecule has 1 unspecified atom stereocenters. The maximum Gasteiger partial charge on any atom is 0.312 e. The molecule has 178 valence electrons. The van der Waals surface area contributed by atoms with Crippen molar-refractivity contribution < 1.29 is 19.0 Å². The number of carbonyl (C=O) groups excluding carboxylic acids is 1. The van der Waals surface area contributed by atoms with Crippen LogP contribution in [0.3, 0.4) is 0 Å². The number of carbonyl (C=O) groups is 1. The van der Waals surface area contributed by atoms with Gasteiger partial charge in [0.25, 0.3) is 6.48 Å². The SMILES string of the molecule is CCCCCCCCCC(CCCNC(N)=O)(OC(OCC)OCC)c1ccccc1. The number of hydrogen-bond acceptors (Lipinski definition) is 4. The average Bonchev–Trinajstić information content (AvgIpc) is 2.76. The zero-order valence-electron chi connectivity index (χ0n) is 19.9. The molecule has 0 heterocycles. The van der Waals surface area contributed by atoms with E-state index in [0.717, 1.165) is 31.2 Å². The number of nitrogens with two attached hydrogens (primary N) is 1. The Balaban J connectivity index is 2.94. The van der Waals surface area contributed by atoms with Gasteiger partial charge in [0.05, 0.1) is 5.60 Å². The molecule has 2 amide bonds. The van der Waals surface area contributed by atoms with Crippen molar-refractivity contribution in [3.63, 3.8) is 0 Å². The third kappa shape index (κ3) is 11.5. The van der Waals surface area contributed by atoms with E-state index in [1.807, 2.05) is 32.0 Å². The van der Waals surface area contributed by atoms with Crippen LogP contribution in [0.4, 0.5) is 4.79 Å². The number of urea groups is 1. The minimum absolute atomic E-state index is 0.500. The summed E-state index contributed by atoms with van der Waals surface area (Å²) in [6.07, 6.45) is 11.0. The lowest BCUT2D eigenvalue weighted by atomic mass is 9.83. The Morgan fingerprint density at radius 2 is 1.48 bits per heavy atom. The summed E-state index contributed by atoms with van der Waals surface area (Å²) in [5.41, 5.74) is 5.81. The topological polar surface area (TPSA) is 82.8 Å². The lowest BCUT2D eigenvalue weighted by Crippen LogP contribution is -2.38. The Kier molecular flexibility index (Phi) is 15.0. The van der Waals surface area contributed by atoms with Gasteiger partial charge in [-0.2, -0.15) is 0 Å². The van der Waals surface area contributed by atoms with Gasteiger partial charge >= 0.3 is 6.03 Å². The van der Waals surface area contributed by atoms with E-state index in [1.165, 1.54) is 38.5 Å². The van der Waals surface area contributed by atoms with Crippen LogP contribution in [0.5, 0.6) is 0 Å². The predicted molar refractivity (Wildman–Crippen MR) is 126 cm³/mol. The lowest BCUT2D eigenvalue weighted by molar-refractivity contribution is -0.331. The maximum atomic E-state index is 11.1. The summed E-state index contributed by atoms with van der Waals surface area (Å²) in [5, 5.41) is 2.69. The molecule has 0 saturated carbocycles. The summed E-state index contributed by atoms with van der Waals surface area (Å²) >= 11 is 0. The molecule has 0 spiro atoms. The molecule has 6 nitrogen and oxygen atoms in total. The smallest absolute Gasteiger partial charge is 0.312 e. The quantitative estimate of drug-likeness (QED) is 0.211. The zero-order valence-corrected chi connectivity index (χ0v) is 19.9. The van der Waals surface area contributed by atoms with Crippen LogP contribution in [0, 0.1) is 0 Å². The molecule has 0 bridgehead atoms. The van der Waals surface area contributed by atoms with Crippen LogP contribution in [-0.4, -0.2) is 32.3 Å². The number of ether oxygens (including phenoxy) is 3. The van der Waals surface area contributed by atoms with Crippen LogP contribution < -0.4 is 11.1 Å². The fraction of sp³-hybridized carbons (Fsp3) is 0.720. The van der Waals surface area contributed by atoms with Crippen molar-refractivity contribution in [2.75, 3.05) is 19.8 Å². The summed E-state index contributed by atoms with van der Waals surface area (Å²) in [5.74, 6) is 0. The van der Waals surface area contributed by atoms with E-state index in [-0.39, 0.29) is 0 Å². The van der Waals surface area contributed by atoms with Crippen molar-refractivity contribution >= 4 is 6.03 Å². The van der Waals surface area contributed by atoms with Crippen molar-refractivity contribution in [1.82, 2.24) is 5.32 Å². The third-order valence-corrected chi connectivity index (χ3v) is 5.47. The number of amides is 2. The lowest BCUT2D eigenvalue weighted by Gasteiger charge is -2.37. The second kappa shape index (κ2) is 17.0. The largest absolute Gasteiger partial charge is 0.352 e. The van der Waals surface area contributed by atoms with Crippen LogP contribution in [-0.2, 0) is 19.8 Å². The summed E-state index contributed by atoms with van der Waals surface area (Å²) < 4.78 is 18.1. The summed E-state index contributed by atoms with van der Waals surface area (Å²) in [7, 11) is 0. The monoisotopic (exact) mass is 436 g/mol. The average molecular weight is 437 g/mol. The highest BCUT2D eigenvalue weighted by Crippen LogP contribution is 2.38. The van der Waals surface area contributed by atoms with E-state index in [4.69, 9.17) is 19.9 Å². The Labute approximate surface area is 189 Å². The predicted octanol–water partition coefficient (Wildman–Crippen LogP) is 5.84. The van der Waals surface area contributed by atoms with Gasteiger partial charge in [-0.15, -0.1) is 0 Å². The Morgan fingerprint density at radius 3 is 2.06 bits per heavy atom. The third-order valence-electron chi connectivity index (χ3n) is 5.47. The first-order chi connectivity index (χ1) is 15.1. The van der Waals surface area contributed by atoms with Crippen LogP contribution in [0.1, 0.15) is 90.5 Å². The molecule has 0 aliphatic rings. The second-order valence-electron chi connectivity index (χ2n) is 7.94. The molecular formula is C25H44N2O4. The first kappa shape index (κ1) is 27.4. The molecule has 0 radical (unpaired) electrons. The van der Waals surface area contributed by atoms with Crippen molar-refractivity contribution in [2.45, 2.75) is 97.1 Å². The highest BCUT2D eigenvalue weighted by atomic mass is 16.8. The van der Waals surface area contributed by atoms with Gasteiger partial charge in [0.1, 0.15) is 0 Å². The van der Waals surface area contributed by atoms with Crippen LogP contribution in [0.2, 0.25) is 0 Å². The van der Waals surface area contributed by atoms with Crippen molar-refractivity contribution in [1.29, 1.82) is 0 Å². The van der Waals surface area contributed by atoms with E-state index in [9.17, 15) is 4.79 Å². The van der Waals surface area contributed by atoms with Gasteiger partial charge in [-0.3, -0.25) is 0 Å². The van der Waals surface area contributed by atoms with Gasteiger partial charge < -0.3 is 25.3 Å². The van der Waals surface area contributed by atoms with E-state index < -0.39 is 18.1 Å². The fourth-order valence-electron chi connectivity index (χ4n) is 3.87. The van der Waals surface area contributed by atoms with Gasteiger partial charge in [0.15, 0.2) is 0 Å². The maximum absolute atomic E-state index is 11.1. The number of benzene rings is 1. The number of unbranched alkanes of at least 4 members (excludes halogenated alkanes) is 6. The minimum atomic E-state index is -0.719. The summed E-state index contributed by atoms with van der Waals surface area (Å²) in [6, 6.07) is 9.81. The number of primary amides is 1. The van der Waals surface area contributed by atoms with Crippen LogP contribution in [0.15, 0.2) is 30.3 Å². The van der Waals surface area contributed by atoms with Gasteiger partial charge in [-0.25, -0.2) is 4.79 Å². The molecule has 31 heavy (non-hydrogen) atoms. The number of nitrogens with one attached hydrogen (secondary N) is 1. The van der Waals surface area contributed by atoms with Crippen molar-refractivity contribution in [2.24, 2.45) is 5.73 Å². The molecule has 1 aromatic rings. The number of hydrogen-bond donors (Lipinski definition) is 2. The van der Waals surface area contributed by atoms with Gasteiger partial charge in [0.2, 0.25) is 0 Å². The molecule has 0 aliphatic heterocycles. The van der Waals surface area contributed by atoms with Gasteiger partial charge in [-0.05, 0) is 38.7 Å². The van der Waals surface area contributed by atoms with E-state index in [2.05, 4.69) is 24.4 Å². The molecular weight excluding hydrogens is 392 g/mol. The molecule has 3 N–H and O–H groups in total. The highest BCUT2D eigenvalue weighted by molar-refractivity contribution is 5.71. The van der Waals surface area contributed by atoms with E-state index in [0.29, 0.717) is 19.8 Å². The first-order valence-corrected chi connectivity index (χ1v) is 12.1. The van der Waals surface area contributed by atoms with E-state index >= 15 is 0 Å². The number of rotatable bonds is 19. The summed E-state index contributed by atoms with van der Waals surface area (Å²) in [6.45, 7) is 6.93. The van der Waals surface area contributed by atoms with Crippen molar-refractivity contribution in [3.05, 3.63) is 35.9 Å². The molecule has 1 atom stereocenters. The molecule has 0 fully saturated rings. The highest BCUT2D eigenvalue weighted by Gasteiger charge is 2.36. The second-order valence-corrected chi connectivity index (χ2v) is 7.94. The molecule has 1 rings (SSSR count). The van der Waals surface area contributed by atoms with Gasteiger partial charge in [-0.1, -0.05) is 82.2 Å². The van der Waals surface area contributed by atoms with Gasteiger partial charge in [0, 0.05) is 19.8 Å². The zero-order chi connectivity index (χ0) is 22.8. The summed E-state index contributed by atoms with van der Waals surface area (Å²) in [4.78, 5) is 11.1. The van der Waals surface area contributed by atoms with Crippen LogP contribution >= 0.6 is 0 Å². The minimum Gasteiger partial charge on any atom is -0.352 e. The molecule has 0 aromatic heterocycles. The van der Waals surface area contributed by atoms with Crippen LogP contribution in [0.25, 0.3) is 0 Å². The normalized spacial score (nSPS) is 13.3. The Bertz CT molecular complexity index is 564. The van der Waals surface area contributed by atoms with Crippen molar-refractivity contribution in [3.8, 4) is 0 Å². The Morgan fingerprint density at radius 1 is 0.903 bits per heavy atom. The van der Waals surface area contributed by atoms with E-state index in [1.54, 1.807) is 0 Å². The molecule has 6 heteroatoms. The molecule has 0 saturated heterocycles. The first-order valence-electron chi connectivity index (χ1n) is 12.1. The fourth-order valence-corrected chi connectivity index (χ4v) is 3.87. The standard InChI is InChI=1S/C25H44N2O4/c1-4-7-8-9-10-11-15-19-25(20-16-21-27-23(26)28,22-17-13-12-14-18-22)31-24(29-5-2)30-6-3/h12-14,17-18,24H,4-11,15-16,19-21H2,1-3H3,(H3,26,27,28). The molecule has 0 aliphatic carbocycles. The Hall–Kier alpha value is -1.63. The molecule has 1 aromatic carbocycles.